The maximum Gasteiger partial charge on any atom is 0.297 e. The molecule has 1 aromatic heterocycles. The molecule has 6 heteroatoms. The summed E-state index contributed by atoms with van der Waals surface area (Å²) in [7, 11) is 0. The van der Waals surface area contributed by atoms with Gasteiger partial charge in [-0.25, -0.2) is 18.7 Å². The molecule has 0 radical (unpaired) electrons. The molecule has 2 rings (SSSR count). The van der Waals surface area contributed by atoms with Gasteiger partial charge in [-0.1, -0.05) is 26.0 Å². The van der Waals surface area contributed by atoms with Crippen molar-refractivity contribution in [2.45, 2.75) is 26.7 Å². The van der Waals surface area contributed by atoms with Crippen LogP contribution < -0.4 is 5.32 Å². The van der Waals surface area contributed by atoms with Crippen molar-refractivity contribution >= 4 is 16.7 Å². The van der Waals surface area contributed by atoms with E-state index < -0.39 is 12.2 Å². The first-order valence-corrected chi connectivity index (χ1v) is 6.82. The Morgan fingerprint density at radius 2 is 1.95 bits per heavy atom. The first kappa shape index (κ1) is 15.6. The zero-order valence-corrected chi connectivity index (χ0v) is 12.1. The first-order valence-electron chi connectivity index (χ1n) is 6.82. The van der Waals surface area contributed by atoms with Crippen molar-refractivity contribution in [3.05, 3.63) is 30.1 Å². The summed E-state index contributed by atoms with van der Waals surface area (Å²) in [6, 6.07) is 7.06. The van der Waals surface area contributed by atoms with E-state index in [1.807, 2.05) is 19.9 Å². The predicted molar refractivity (Wildman–Crippen MR) is 78.5 cm³/mol. The first-order chi connectivity index (χ1) is 9.93. The van der Waals surface area contributed by atoms with E-state index in [1.165, 1.54) is 0 Å². The second-order valence-corrected chi connectivity index (χ2v) is 5.74. The summed E-state index contributed by atoms with van der Waals surface area (Å²) in [5.74, 6) is -0.0712. The zero-order valence-electron chi connectivity index (χ0n) is 12.1. The fourth-order valence-electron chi connectivity index (χ4n) is 2.04. The van der Waals surface area contributed by atoms with Crippen molar-refractivity contribution in [1.82, 2.24) is 9.97 Å². The van der Waals surface area contributed by atoms with Crippen LogP contribution in [0.4, 0.5) is 14.6 Å². The number of aliphatic hydroxyl groups excluding tert-OH is 1. The van der Waals surface area contributed by atoms with Crippen molar-refractivity contribution in [3.8, 4) is 0 Å². The van der Waals surface area contributed by atoms with Crippen LogP contribution in [0.2, 0.25) is 0 Å². The highest BCUT2D eigenvalue weighted by Crippen LogP contribution is 2.26. The third-order valence-corrected chi connectivity index (χ3v) is 3.34. The van der Waals surface area contributed by atoms with Crippen LogP contribution in [0.3, 0.4) is 0 Å². The van der Waals surface area contributed by atoms with Gasteiger partial charge in [-0.05, 0) is 24.0 Å². The molecule has 0 unspecified atom stereocenters. The molecule has 4 nitrogen and oxygen atoms in total. The lowest BCUT2D eigenvalue weighted by atomic mass is 9.90. The van der Waals surface area contributed by atoms with Crippen molar-refractivity contribution in [2.75, 3.05) is 18.5 Å². The Morgan fingerprint density at radius 3 is 2.62 bits per heavy atom. The van der Waals surface area contributed by atoms with E-state index >= 15 is 0 Å². The molecule has 0 bridgehead atoms. The van der Waals surface area contributed by atoms with E-state index in [4.69, 9.17) is 5.11 Å². The minimum atomic E-state index is -2.71. The summed E-state index contributed by atoms with van der Waals surface area (Å²) in [5.41, 5.74) is 0.330. The molecule has 0 aliphatic heterocycles. The fraction of sp³-hybridized carbons (Fsp3) is 0.467. The maximum absolute atomic E-state index is 12.9. The van der Waals surface area contributed by atoms with Crippen LogP contribution in [0.15, 0.2) is 24.3 Å². The number of fused-ring (bicyclic) bond motifs is 1. The number of aromatic nitrogens is 2. The number of alkyl halides is 2. The van der Waals surface area contributed by atoms with Gasteiger partial charge in [0.1, 0.15) is 5.82 Å². The van der Waals surface area contributed by atoms with Crippen molar-refractivity contribution in [2.24, 2.45) is 5.41 Å². The average Bonchev–Trinajstić information content (AvgIpc) is 2.44. The molecule has 21 heavy (non-hydrogen) atoms. The van der Waals surface area contributed by atoms with Crippen molar-refractivity contribution in [3.63, 3.8) is 0 Å². The van der Waals surface area contributed by atoms with Crippen LogP contribution >= 0.6 is 0 Å². The smallest absolute Gasteiger partial charge is 0.297 e. The maximum atomic E-state index is 12.9. The quantitative estimate of drug-likeness (QED) is 0.857. The molecule has 0 saturated carbocycles. The molecule has 1 heterocycles. The molecule has 0 aliphatic carbocycles. The fourth-order valence-corrected chi connectivity index (χ4v) is 2.04. The number of aliphatic hydroxyl groups is 1. The number of nitrogens with one attached hydrogen (secondary N) is 1. The third kappa shape index (κ3) is 3.85. The molecular weight excluding hydrogens is 276 g/mol. The molecule has 0 atom stereocenters. The molecule has 0 saturated heterocycles. The molecule has 114 valence electrons. The minimum absolute atomic E-state index is 0.0848. The summed E-state index contributed by atoms with van der Waals surface area (Å²) in [4.78, 5) is 7.80. The summed E-state index contributed by atoms with van der Waals surface area (Å²) in [5, 5.41) is 12.9. The number of halogens is 2. The summed E-state index contributed by atoms with van der Waals surface area (Å²) in [6.45, 7) is 4.60. The Morgan fingerprint density at radius 1 is 1.24 bits per heavy atom. The van der Waals surface area contributed by atoms with Crippen LogP contribution in [0.5, 0.6) is 0 Å². The van der Waals surface area contributed by atoms with Gasteiger partial charge >= 0.3 is 0 Å². The zero-order chi connectivity index (χ0) is 15.5. The Kier molecular flexibility index (Phi) is 4.67. The highest BCUT2D eigenvalue weighted by atomic mass is 19.3. The second kappa shape index (κ2) is 6.30. The van der Waals surface area contributed by atoms with Crippen LogP contribution in [0, 0.1) is 5.41 Å². The van der Waals surface area contributed by atoms with Gasteiger partial charge in [-0.2, -0.15) is 0 Å². The average molecular weight is 295 g/mol. The van der Waals surface area contributed by atoms with Crippen LogP contribution in [-0.4, -0.2) is 28.2 Å². The second-order valence-electron chi connectivity index (χ2n) is 5.74. The van der Waals surface area contributed by atoms with Gasteiger partial charge in [0.15, 0.2) is 5.82 Å². The van der Waals surface area contributed by atoms with E-state index in [1.54, 1.807) is 18.2 Å². The van der Waals surface area contributed by atoms with Gasteiger partial charge in [0.25, 0.3) is 6.43 Å². The molecule has 1 aromatic carbocycles. The number of hydrogen-bond donors (Lipinski definition) is 2. The number of nitrogens with zero attached hydrogens (tertiary/aromatic N) is 2. The lowest BCUT2D eigenvalue weighted by molar-refractivity contribution is 0.141. The summed E-state index contributed by atoms with van der Waals surface area (Å²) in [6.07, 6.45) is -2.09. The van der Waals surface area contributed by atoms with E-state index in [0.29, 0.717) is 29.7 Å². The monoisotopic (exact) mass is 295 g/mol. The standard InChI is InChI=1S/C15H19F2N3O/c1-15(2,7-8-21)9-18-13-10-5-3-4-6-11(10)19-14(20-13)12(16)17/h3-6,12,21H,7-9H2,1-2H3,(H,18,19,20). The Bertz CT molecular complexity index is 617. The number of rotatable bonds is 6. The molecule has 0 amide bonds. The summed E-state index contributed by atoms with van der Waals surface area (Å²) < 4.78 is 25.8. The lowest BCUT2D eigenvalue weighted by Crippen LogP contribution is -2.25. The van der Waals surface area contributed by atoms with Gasteiger partial charge < -0.3 is 10.4 Å². The predicted octanol–water partition coefficient (Wildman–Crippen LogP) is 3.39. The van der Waals surface area contributed by atoms with E-state index in [9.17, 15) is 8.78 Å². The SMILES string of the molecule is CC(C)(CCO)CNc1nc(C(F)F)nc2ccccc12. The number of anilines is 1. The van der Waals surface area contributed by atoms with Crippen molar-refractivity contribution < 1.29 is 13.9 Å². The molecule has 0 aliphatic rings. The molecule has 2 N–H and O–H groups in total. The topological polar surface area (TPSA) is 58.0 Å². The van der Waals surface area contributed by atoms with E-state index in [2.05, 4.69) is 15.3 Å². The third-order valence-electron chi connectivity index (χ3n) is 3.34. The number of para-hydroxylation sites is 1. The van der Waals surface area contributed by atoms with Crippen LogP contribution in [0.25, 0.3) is 10.9 Å². The number of hydrogen-bond acceptors (Lipinski definition) is 4. The van der Waals surface area contributed by atoms with Gasteiger partial charge in [0.2, 0.25) is 0 Å². The van der Waals surface area contributed by atoms with Gasteiger partial charge in [-0.15, -0.1) is 0 Å². The van der Waals surface area contributed by atoms with Crippen LogP contribution in [-0.2, 0) is 0 Å². The molecule has 0 spiro atoms. The minimum Gasteiger partial charge on any atom is -0.396 e. The van der Waals surface area contributed by atoms with Gasteiger partial charge in [0, 0.05) is 18.5 Å². The normalized spacial score (nSPS) is 12.1. The van der Waals surface area contributed by atoms with E-state index in [0.717, 1.165) is 0 Å². The Balaban J connectivity index is 2.33. The summed E-state index contributed by atoms with van der Waals surface area (Å²) >= 11 is 0. The molecule has 0 fully saturated rings. The Hall–Kier alpha value is -1.82. The highest BCUT2D eigenvalue weighted by Gasteiger charge is 2.19. The largest absolute Gasteiger partial charge is 0.396 e. The lowest BCUT2D eigenvalue weighted by Gasteiger charge is -2.24. The highest BCUT2D eigenvalue weighted by molar-refractivity contribution is 5.89. The van der Waals surface area contributed by atoms with Crippen LogP contribution in [0.1, 0.15) is 32.5 Å². The molecule has 2 aromatic rings. The Labute approximate surface area is 122 Å². The molecular formula is C15H19F2N3O. The van der Waals surface area contributed by atoms with Crippen molar-refractivity contribution in [1.29, 1.82) is 0 Å². The van der Waals surface area contributed by atoms with Gasteiger partial charge in [0.05, 0.1) is 5.52 Å². The number of benzene rings is 1. The van der Waals surface area contributed by atoms with E-state index in [-0.39, 0.29) is 12.0 Å². The van der Waals surface area contributed by atoms with Gasteiger partial charge in [-0.3, -0.25) is 0 Å².